The number of anilines is 1. The van der Waals surface area contributed by atoms with Gasteiger partial charge in [0.25, 0.3) is 5.91 Å². The van der Waals surface area contributed by atoms with Crippen LogP contribution in [0.4, 0.5) is 10.1 Å². The summed E-state index contributed by atoms with van der Waals surface area (Å²) in [5, 5.41) is 11.5. The Morgan fingerprint density at radius 1 is 1.33 bits per heavy atom. The van der Waals surface area contributed by atoms with Crippen molar-refractivity contribution in [2.45, 2.75) is 20.3 Å². The van der Waals surface area contributed by atoms with Gasteiger partial charge in [0.15, 0.2) is 0 Å². The molecule has 1 amide bonds. The number of halogens is 1. The van der Waals surface area contributed by atoms with Crippen LogP contribution < -0.4 is 5.32 Å². The van der Waals surface area contributed by atoms with E-state index < -0.39 is 17.7 Å². The molecule has 0 fully saturated rings. The number of rotatable bonds is 4. The monoisotopic (exact) mass is 307 g/mol. The highest BCUT2D eigenvalue weighted by molar-refractivity contribution is 7.14. The van der Waals surface area contributed by atoms with Crippen LogP contribution in [0.5, 0.6) is 0 Å². The van der Waals surface area contributed by atoms with Crippen LogP contribution in [0.1, 0.15) is 37.4 Å². The van der Waals surface area contributed by atoms with Gasteiger partial charge in [0, 0.05) is 4.88 Å². The van der Waals surface area contributed by atoms with Gasteiger partial charge in [-0.15, -0.1) is 11.3 Å². The molecule has 0 saturated carbocycles. The number of amides is 1. The minimum Gasteiger partial charge on any atom is -0.478 e. The second-order valence-corrected chi connectivity index (χ2v) is 5.66. The Balaban J connectivity index is 2.30. The van der Waals surface area contributed by atoms with Gasteiger partial charge in [-0.1, -0.05) is 6.92 Å². The maximum absolute atomic E-state index is 13.2. The van der Waals surface area contributed by atoms with E-state index in [1.165, 1.54) is 11.3 Å². The molecule has 0 spiro atoms. The summed E-state index contributed by atoms with van der Waals surface area (Å²) >= 11 is 1.35. The van der Waals surface area contributed by atoms with Gasteiger partial charge in [0.1, 0.15) is 5.82 Å². The Labute approximate surface area is 125 Å². The molecular formula is C15H14FNO3S. The van der Waals surface area contributed by atoms with Crippen molar-refractivity contribution in [3.63, 3.8) is 0 Å². The van der Waals surface area contributed by atoms with Gasteiger partial charge in [-0.25, -0.2) is 9.18 Å². The zero-order valence-electron chi connectivity index (χ0n) is 11.6. The zero-order valence-corrected chi connectivity index (χ0v) is 12.4. The number of carboxylic acid groups (broad SMARTS) is 1. The van der Waals surface area contributed by atoms with E-state index in [2.05, 4.69) is 5.32 Å². The number of carbonyl (C=O) groups excluding carboxylic acids is 1. The molecule has 2 aromatic rings. The number of nitrogens with one attached hydrogen (secondary N) is 1. The van der Waals surface area contributed by atoms with Crippen LogP contribution in [-0.2, 0) is 6.42 Å². The van der Waals surface area contributed by atoms with Crippen molar-refractivity contribution in [2.75, 3.05) is 5.32 Å². The Morgan fingerprint density at radius 3 is 2.62 bits per heavy atom. The fourth-order valence-corrected chi connectivity index (χ4v) is 2.98. The van der Waals surface area contributed by atoms with Gasteiger partial charge < -0.3 is 10.4 Å². The van der Waals surface area contributed by atoms with Crippen molar-refractivity contribution in [1.29, 1.82) is 0 Å². The number of aryl methyl sites for hydroxylation is 2. The van der Waals surface area contributed by atoms with E-state index in [1.807, 2.05) is 13.8 Å². The third kappa shape index (κ3) is 3.28. The number of aromatic carboxylic acids is 1. The lowest BCUT2D eigenvalue weighted by Crippen LogP contribution is -2.14. The lowest BCUT2D eigenvalue weighted by molar-refractivity contribution is 0.0698. The fourth-order valence-electron chi connectivity index (χ4n) is 1.97. The molecule has 4 nitrogen and oxygen atoms in total. The molecule has 2 N–H and O–H groups in total. The van der Waals surface area contributed by atoms with Crippen molar-refractivity contribution < 1.29 is 19.1 Å². The molecule has 0 saturated heterocycles. The summed E-state index contributed by atoms with van der Waals surface area (Å²) < 4.78 is 13.2. The first-order valence-electron chi connectivity index (χ1n) is 6.36. The molecule has 21 heavy (non-hydrogen) atoms. The van der Waals surface area contributed by atoms with Crippen molar-refractivity contribution >= 4 is 28.9 Å². The minimum absolute atomic E-state index is 0.0448. The fraction of sp³-hybridized carbons (Fsp3) is 0.200. The second-order valence-electron chi connectivity index (χ2n) is 4.52. The zero-order chi connectivity index (χ0) is 15.6. The highest BCUT2D eigenvalue weighted by atomic mass is 32.1. The predicted octanol–water partition coefficient (Wildman–Crippen LogP) is 3.71. The Hall–Kier alpha value is -2.21. The summed E-state index contributed by atoms with van der Waals surface area (Å²) in [6.45, 7) is 3.91. The molecule has 1 aromatic carbocycles. The van der Waals surface area contributed by atoms with E-state index in [4.69, 9.17) is 5.11 Å². The van der Waals surface area contributed by atoms with Crippen molar-refractivity contribution in [1.82, 2.24) is 0 Å². The molecule has 1 heterocycles. The first-order valence-corrected chi connectivity index (χ1v) is 7.17. The van der Waals surface area contributed by atoms with Crippen LogP contribution >= 0.6 is 11.3 Å². The molecule has 1 aromatic heterocycles. The van der Waals surface area contributed by atoms with Crippen molar-refractivity contribution in [3.8, 4) is 0 Å². The number of carboxylic acids is 1. The number of thiophene rings is 1. The normalized spacial score (nSPS) is 10.4. The lowest BCUT2D eigenvalue weighted by Gasteiger charge is -2.07. The molecule has 0 aliphatic rings. The number of benzene rings is 1. The van der Waals surface area contributed by atoms with Gasteiger partial charge in [-0.05, 0) is 43.2 Å². The van der Waals surface area contributed by atoms with Crippen LogP contribution in [0, 0.1) is 12.7 Å². The Bertz CT molecular complexity index is 709. The maximum atomic E-state index is 13.2. The molecule has 0 bridgehead atoms. The number of carbonyl (C=O) groups is 2. The largest absolute Gasteiger partial charge is 0.478 e. The van der Waals surface area contributed by atoms with Gasteiger partial charge >= 0.3 is 5.97 Å². The predicted molar refractivity (Wildman–Crippen MR) is 79.7 cm³/mol. The third-order valence-electron chi connectivity index (χ3n) is 3.03. The maximum Gasteiger partial charge on any atom is 0.337 e. The van der Waals surface area contributed by atoms with Crippen LogP contribution in [0.15, 0.2) is 24.3 Å². The van der Waals surface area contributed by atoms with Crippen LogP contribution in [0.2, 0.25) is 0 Å². The topological polar surface area (TPSA) is 66.4 Å². The molecule has 0 unspecified atom stereocenters. The van der Waals surface area contributed by atoms with E-state index in [1.54, 1.807) is 6.07 Å². The molecule has 2 rings (SSSR count). The Morgan fingerprint density at radius 2 is 2.05 bits per heavy atom. The summed E-state index contributed by atoms with van der Waals surface area (Å²) in [5.41, 5.74) is 0.829. The average molecular weight is 307 g/mol. The van der Waals surface area contributed by atoms with E-state index >= 15 is 0 Å². The summed E-state index contributed by atoms with van der Waals surface area (Å²) in [6.07, 6.45) is 0.824. The van der Waals surface area contributed by atoms with Crippen molar-refractivity contribution in [2.24, 2.45) is 0 Å². The molecule has 0 aliphatic carbocycles. The quantitative estimate of drug-likeness (QED) is 0.905. The average Bonchev–Trinajstić information content (AvgIpc) is 2.79. The second kappa shape index (κ2) is 6.05. The van der Waals surface area contributed by atoms with E-state index in [0.717, 1.165) is 35.1 Å². The highest BCUT2D eigenvalue weighted by Gasteiger charge is 2.16. The van der Waals surface area contributed by atoms with Crippen LogP contribution in [0.25, 0.3) is 0 Å². The van der Waals surface area contributed by atoms with E-state index in [0.29, 0.717) is 4.88 Å². The molecule has 6 heteroatoms. The SMILES string of the molecule is CCc1sc(C(=O)Nc2cc(F)ccc2C(=O)O)cc1C. The summed E-state index contributed by atoms with van der Waals surface area (Å²) in [5.74, 6) is -2.26. The lowest BCUT2D eigenvalue weighted by atomic mass is 10.1. The molecule has 0 atom stereocenters. The first-order chi connectivity index (χ1) is 9.92. The summed E-state index contributed by atoms with van der Waals surface area (Å²) in [6, 6.07) is 4.93. The minimum atomic E-state index is -1.22. The van der Waals surface area contributed by atoms with Crippen LogP contribution in [-0.4, -0.2) is 17.0 Å². The molecule has 0 aliphatic heterocycles. The van der Waals surface area contributed by atoms with Gasteiger partial charge in [0.05, 0.1) is 16.1 Å². The van der Waals surface area contributed by atoms with Gasteiger partial charge in [-0.2, -0.15) is 0 Å². The van der Waals surface area contributed by atoms with Crippen molar-refractivity contribution in [3.05, 3.63) is 51.0 Å². The number of hydrogen-bond donors (Lipinski definition) is 2. The summed E-state index contributed by atoms with van der Waals surface area (Å²) in [7, 11) is 0. The van der Waals surface area contributed by atoms with Gasteiger partial charge in [0.2, 0.25) is 0 Å². The number of hydrogen-bond acceptors (Lipinski definition) is 3. The molecule has 0 radical (unpaired) electrons. The van der Waals surface area contributed by atoms with Gasteiger partial charge in [-0.3, -0.25) is 4.79 Å². The molecule has 110 valence electrons. The van der Waals surface area contributed by atoms with E-state index in [9.17, 15) is 14.0 Å². The van der Waals surface area contributed by atoms with Crippen LogP contribution in [0.3, 0.4) is 0 Å². The Kier molecular flexibility index (Phi) is 4.37. The molecular weight excluding hydrogens is 293 g/mol. The highest BCUT2D eigenvalue weighted by Crippen LogP contribution is 2.24. The smallest absolute Gasteiger partial charge is 0.337 e. The standard InChI is InChI=1S/C15H14FNO3S/c1-3-12-8(2)6-13(21-12)14(18)17-11-7-9(16)4-5-10(11)15(19)20/h4-7H,3H2,1-2H3,(H,17,18)(H,19,20). The first kappa shape index (κ1) is 15.2. The van der Waals surface area contributed by atoms with E-state index in [-0.39, 0.29) is 11.3 Å². The third-order valence-corrected chi connectivity index (χ3v) is 4.41. The summed E-state index contributed by atoms with van der Waals surface area (Å²) in [4.78, 5) is 24.8.